The van der Waals surface area contributed by atoms with E-state index in [-0.39, 0.29) is 23.9 Å². The van der Waals surface area contributed by atoms with E-state index in [2.05, 4.69) is 10.0 Å². The van der Waals surface area contributed by atoms with E-state index in [1.54, 1.807) is 12.1 Å². The first-order chi connectivity index (χ1) is 16.8. The largest absolute Gasteiger partial charge is 0.456 e. The Kier molecular flexibility index (Phi) is 7.43. The van der Waals surface area contributed by atoms with Crippen molar-refractivity contribution < 1.29 is 22.7 Å². The summed E-state index contributed by atoms with van der Waals surface area (Å²) in [5.41, 5.74) is 0.964. The highest BCUT2D eigenvalue weighted by Gasteiger charge is 2.17. The zero-order valence-electron chi connectivity index (χ0n) is 19.2. The van der Waals surface area contributed by atoms with Crippen LogP contribution in [0.3, 0.4) is 0 Å². The predicted molar refractivity (Wildman–Crippen MR) is 135 cm³/mol. The second-order valence-corrected chi connectivity index (χ2v) is 9.94. The van der Waals surface area contributed by atoms with Crippen molar-refractivity contribution in [2.45, 2.75) is 24.3 Å². The molecule has 4 aromatic carbocycles. The molecule has 4 rings (SSSR count). The Morgan fingerprint density at radius 2 is 1.54 bits per heavy atom. The van der Waals surface area contributed by atoms with Crippen molar-refractivity contribution in [1.82, 2.24) is 10.0 Å². The van der Waals surface area contributed by atoms with Crippen LogP contribution >= 0.6 is 0 Å². The molecule has 0 heterocycles. The lowest BCUT2D eigenvalue weighted by Gasteiger charge is -2.16. The molecule has 1 atom stereocenters. The second-order valence-electron chi connectivity index (χ2n) is 8.17. The van der Waals surface area contributed by atoms with Gasteiger partial charge in [-0.25, -0.2) is 13.1 Å². The van der Waals surface area contributed by atoms with E-state index in [0.29, 0.717) is 0 Å². The molecule has 0 saturated carbocycles. The average molecular weight is 491 g/mol. The Morgan fingerprint density at radius 1 is 0.857 bits per heavy atom. The number of ether oxygens (including phenoxy) is 1. The first-order valence-corrected chi connectivity index (χ1v) is 12.7. The first-order valence-electron chi connectivity index (χ1n) is 11.2. The fourth-order valence-electron chi connectivity index (χ4n) is 3.91. The number of hydrogen-bond donors (Lipinski definition) is 2. The van der Waals surface area contributed by atoms with Gasteiger partial charge in [0.25, 0.3) is 5.91 Å². The lowest BCUT2D eigenvalue weighted by atomic mass is 10.00. The summed E-state index contributed by atoms with van der Waals surface area (Å²) in [4.78, 5) is 24.4. The molecule has 0 bridgehead atoms. The average Bonchev–Trinajstić information content (AvgIpc) is 2.86. The summed E-state index contributed by atoms with van der Waals surface area (Å²) < 4.78 is 32.5. The van der Waals surface area contributed by atoms with Crippen molar-refractivity contribution in [1.29, 1.82) is 0 Å². The van der Waals surface area contributed by atoms with Crippen LogP contribution in [0.15, 0.2) is 89.8 Å². The minimum absolute atomic E-state index is 0.117. The Bertz CT molecular complexity index is 1480. The van der Waals surface area contributed by atoms with E-state index >= 15 is 0 Å². The van der Waals surface area contributed by atoms with Crippen LogP contribution < -0.4 is 10.0 Å². The summed E-state index contributed by atoms with van der Waals surface area (Å²) in [6.45, 7) is 1.29. The third kappa shape index (κ3) is 6.03. The molecule has 0 saturated heterocycles. The maximum absolute atomic E-state index is 12.5. The maximum Gasteiger partial charge on any atom is 0.307 e. The molecule has 0 aliphatic rings. The van der Waals surface area contributed by atoms with Crippen molar-refractivity contribution in [3.63, 3.8) is 0 Å². The molecule has 0 aliphatic carbocycles. The summed E-state index contributed by atoms with van der Waals surface area (Å²) in [6, 6.07) is 25.8. The molecule has 1 amide bonds. The molecule has 0 aromatic heterocycles. The second kappa shape index (κ2) is 10.7. The van der Waals surface area contributed by atoms with Crippen molar-refractivity contribution in [3.8, 4) is 0 Å². The third-order valence-electron chi connectivity index (χ3n) is 5.68. The quantitative estimate of drug-likeness (QED) is 0.344. The summed E-state index contributed by atoms with van der Waals surface area (Å²) >= 11 is 0. The van der Waals surface area contributed by atoms with E-state index in [1.807, 2.05) is 73.7 Å². The fourth-order valence-corrected chi connectivity index (χ4v) is 4.98. The number of carbonyl (C=O) groups is 2. The molecule has 4 aromatic rings. The summed E-state index contributed by atoms with van der Waals surface area (Å²) in [6.07, 6.45) is -0.195. The summed E-state index contributed by atoms with van der Waals surface area (Å²) in [5.74, 6) is -1.10. The number of benzene rings is 4. The van der Waals surface area contributed by atoms with Gasteiger partial charge >= 0.3 is 5.97 Å². The van der Waals surface area contributed by atoms with Crippen molar-refractivity contribution >= 4 is 43.4 Å². The predicted octanol–water partition coefficient (Wildman–Crippen LogP) is 4.08. The lowest BCUT2D eigenvalue weighted by Crippen LogP contribution is -2.32. The molecular weight excluding hydrogens is 464 g/mol. The van der Waals surface area contributed by atoms with Gasteiger partial charge in [-0.2, -0.15) is 0 Å². The highest BCUT2D eigenvalue weighted by Crippen LogP contribution is 2.24. The number of rotatable bonds is 9. The maximum atomic E-state index is 12.5. The molecule has 0 spiro atoms. The zero-order chi connectivity index (χ0) is 24.8. The first kappa shape index (κ1) is 24.4. The van der Waals surface area contributed by atoms with Crippen molar-refractivity contribution in [3.05, 3.63) is 90.5 Å². The Hall–Kier alpha value is -3.75. The van der Waals surface area contributed by atoms with Gasteiger partial charge in [-0.1, -0.05) is 72.8 Å². The number of esters is 1. The zero-order valence-corrected chi connectivity index (χ0v) is 20.0. The van der Waals surface area contributed by atoms with Crippen LogP contribution in [0.5, 0.6) is 0 Å². The van der Waals surface area contributed by atoms with Gasteiger partial charge in [0.1, 0.15) is 0 Å². The number of sulfonamides is 1. The van der Waals surface area contributed by atoms with Crippen molar-refractivity contribution in [2.75, 3.05) is 13.2 Å². The van der Waals surface area contributed by atoms with E-state index in [9.17, 15) is 18.0 Å². The van der Waals surface area contributed by atoms with Crippen LogP contribution in [0, 0.1) is 0 Å². The molecule has 0 aliphatic heterocycles. The van der Waals surface area contributed by atoms with Gasteiger partial charge in [0.05, 0.1) is 17.4 Å². The molecule has 35 heavy (non-hydrogen) atoms. The van der Waals surface area contributed by atoms with Crippen LogP contribution in [-0.2, 0) is 24.3 Å². The van der Waals surface area contributed by atoms with Gasteiger partial charge in [-0.05, 0) is 46.2 Å². The molecule has 0 radical (unpaired) electrons. The van der Waals surface area contributed by atoms with E-state index in [1.165, 1.54) is 6.07 Å². The monoisotopic (exact) mass is 490 g/mol. The third-order valence-corrected chi connectivity index (χ3v) is 7.14. The number of fused-ring (bicyclic) bond motifs is 2. The topological polar surface area (TPSA) is 102 Å². The number of carbonyl (C=O) groups excluding carboxylic acids is 2. The van der Waals surface area contributed by atoms with E-state index < -0.39 is 28.5 Å². The van der Waals surface area contributed by atoms with E-state index in [0.717, 1.165) is 27.1 Å². The van der Waals surface area contributed by atoms with Crippen LogP contribution in [0.25, 0.3) is 21.5 Å². The molecule has 0 fully saturated rings. The van der Waals surface area contributed by atoms with Gasteiger partial charge < -0.3 is 10.1 Å². The highest BCUT2D eigenvalue weighted by atomic mass is 32.2. The number of amides is 1. The van der Waals surface area contributed by atoms with Crippen LogP contribution in [-0.4, -0.2) is 33.4 Å². The number of hydrogen-bond acceptors (Lipinski definition) is 5. The molecule has 7 nitrogen and oxygen atoms in total. The van der Waals surface area contributed by atoms with Crippen LogP contribution in [0.4, 0.5) is 0 Å². The molecular formula is C27H26N2O5S. The normalized spacial score (nSPS) is 12.4. The summed E-state index contributed by atoms with van der Waals surface area (Å²) in [5, 5.41) is 6.68. The summed E-state index contributed by atoms with van der Waals surface area (Å²) in [7, 11) is -3.78. The van der Waals surface area contributed by atoms with Crippen molar-refractivity contribution in [2.24, 2.45) is 0 Å². The van der Waals surface area contributed by atoms with Crippen LogP contribution in [0.1, 0.15) is 24.9 Å². The highest BCUT2D eigenvalue weighted by molar-refractivity contribution is 7.89. The van der Waals surface area contributed by atoms with Gasteiger partial charge in [0.15, 0.2) is 6.61 Å². The minimum atomic E-state index is -3.78. The van der Waals surface area contributed by atoms with Gasteiger partial charge in [0, 0.05) is 6.54 Å². The molecule has 1 unspecified atom stereocenters. The SMILES string of the molecule is CC(NC(=O)COC(=O)CCNS(=O)(=O)c1ccc2ccccc2c1)c1cccc2ccccc12. The van der Waals surface area contributed by atoms with E-state index in [4.69, 9.17) is 4.74 Å². The Labute approximate surface area is 204 Å². The number of nitrogens with one attached hydrogen (secondary N) is 2. The van der Waals surface area contributed by atoms with Gasteiger partial charge in [-0.3, -0.25) is 9.59 Å². The van der Waals surface area contributed by atoms with Gasteiger partial charge in [-0.15, -0.1) is 0 Å². The van der Waals surface area contributed by atoms with Crippen LogP contribution in [0.2, 0.25) is 0 Å². The minimum Gasteiger partial charge on any atom is -0.456 e. The molecule has 180 valence electrons. The molecule has 2 N–H and O–H groups in total. The Balaban J connectivity index is 1.24. The smallest absolute Gasteiger partial charge is 0.307 e. The fraction of sp³-hybridized carbons (Fsp3) is 0.185. The van der Waals surface area contributed by atoms with Gasteiger partial charge in [0.2, 0.25) is 10.0 Å². The lowest BCUT2D eigenvalue weighted by molar-refractivity contribution is -0.148. The molecule has 8 heteroatoms. The Morgan fingerprint density at radius 3 is 2.34 bits per heavy atom. The standard InChI is InChI=1S/C27H26N2O5S/c1-19(24-12-6-10-21-8-4-5-11-25(21)24)29-26(30)18-34-27(31)15-16-28-35(32,33)23-14-13-20-7-2-3-9-22(20)17-23/h2-14,17,19,28H,15-16,18H2,1H3,(H,29,30).